The van der Waals surface area contributed by atoms with Crippen LogP contribution in [0.2, 0.25) is 0 Å². The number of phenols is 1. The lowest BCUT2D eigenvalue weighted by Crippen LogP contribution is -2.36. The molecule has 0 radical (unpaired) electrons. The number of phenolic OH excluding ortho intramolecular Hbond substituents is 1. The van der Waals surface area contributed by atoms with Gasteiger partial charge in [0.25, 0.3) is 11.1 Å². The van der Waals surface area contributed by atoms with Crippen LogP contribution in [-0.4, -0.2) is 40.2 Å². The molecule has 9 heteroatoms. The molecule has 0 unspecified atom stereocenters. The molecule has 0 aliphatic carbocycles. The van der Waals surface area contributed by atoms with Crippen molar-refractivity contribution < 1.29 is 24.2 Å². The topological polar surface area (TPSA) is 95.9 Å². The van der Waals surface area contributed by atoms with E-state index in [2.05, 4.69) is 5.32 Å². The van der Waals surface area contributed by atoms with E-state index in [0.29, 0.717) is 27.2 Å². The number of aromatic hydroxyl groups is 1. The van der Waals surface area contributed by atoms with Gasteiger partial charge in [-0.25, -0.2) is 0 Å². The molecule has 0 saturated carbocycles. The normalized spacial score (nSPS) is 15.0. The molecule has 156 valence electrons. The Morgan fingerprint density at radius 2 is 2.03 bits per heavy atom. The molecule has 1 heterocycles. The molecular formula is C21H19IN2O5S. The SMILES string of the molecule is CCOc1cc(/C=C2/SC(=O)N(CC(=O)Nc3ccccc3C)C2=O)cc(I)c1O. The van der Waals surface area contributed by atoms with Crippen LogP contribution in [0.15, 0.2) is 41.3 Å². The van der Waals surface area contributed by atoms with Crippen molar-refractivity contribution in [2.45, 2.75) is 13.8 Å². The molecule has 0 atom stereocenters. The van der Waals surface area contributed by atoms with Crippen molar-refractivity contribution in [3.63, 3.8) is 0 Å². The number of carbonyl (C=O) groups is 3. The smallest absolute Gasteiger partial charge is 0.294 e. The summed E-state index contributed by atoms with van der Waals surface area (Å²) in [5, 5.41) is 12.3. The number of benzene rings is 2. The molecule has 3 amide bonds. The van der Waals surface area contributed by atoms with Crippen molar-refractivity contribution in [3.05, 3.63) is 56.0 Å². The van der Waals surface area contributed by atoms with Crippen LogP contribution in [0, 0.1) is 10.5 Å². The van der Waals surface area contributed by atoms with Crippen molar-refractivity contribution in [1.29, 1.82) is 0 Å². The zero-order valence-corrected chi connectivity index (χ0v) is 19.2. The summed E-state index contributed by atoms with van der Waals surface area (Å²) >= 11 is 2.73. The van der Waals surface area contributed by atoms with Gasteiger partial charge >= 0.3 is 0 Å². The van der Waals surface area contributed by atoms with Crippen molar-refractivity contribution in [2.75, 3.05) is 18.5 Å². The minimum Gasteiger partial charge on any atom is -0.504 e. The van der Waals surface area contributed by atoms with Crippen molar-refractivity contribution in [1.82, 2.24) is 4.90 Å². The Morgan fingerprint density at radius 3 is 2.73 bits per heavy atom. The van der Waals surface area contributed by atoms with Gasteiger partial charge in [-0.2, -0.15) is 0 Å². The summed E-state index contributed by atoms with van der Waals surface area (Å²) in [6.45, 7) is 3.66. The number of para-hydroxylation sites is 1. The lowest BCUT2D eigenvalue weighted by atomic mass is 10.2. The first kappa shape index (κ1) is 22.2. The molecule has 2 aromatic rings. The van der Waals surface area contributed by atoms with Crippen LogP contribution in [-0.2, 0) is 9.59 Å². The largest absolute Gasteiger partial charge is 0.504 e. The van der Waals surface area contributed by atoms with E-state index in [-0.39, 0.29) is 17.2 Å². The fourth-order valence-electron chi connectivity index (χ4n) is 2.78. The minimum atomic E-state index is -0.536. The third-order valence-corrected chi connectivity index (χ3v) is 5.97. The number of hydrogen-bond acceptors (Lipinski definition) is 6. The van der Waals surface area contributed by atoms with E-state index in [9.17, 15) is 19.5 Å². The van der Waals surface area contributed by atoms with Gasteiger partial charge in [-0.3, -0.25) is 19.3 Å². The maximum Gasteiger partial charge on any atom is 0.294 e. The van der Waals surface area contributed by atoms with Gasteiger partial charge in [0.05, 0.1) is 15.1 Å². The molecule has 2 aromatic carbocycles. The number of rotatable bonds is 6. The maximum atomic E-state index is 12.7. The highest BCUT2D eigenvalue weighted by Crippen LogP contribution is 2.36. The van der Waals surface area contributed by atoms with Gasteiger partial charge in [0, 0.05) is 5.69 Å². The third-order valence-electron chi connectivity index (χ3n) is 4.24. The van der Waals surface area contributed by atoms with Gasteiger partial charge in [0.1, 0.15) is 6.54 Å². The lowest BCUT2D eigenvalue weighted by Gasteiger charge is -2.13. The van der Waals surface area contributed by atoms with Crippen LogP contribution >= 0.6 is 34.4 Å². The van der Waals surface area contributed by atoms with E-state index in [0.717, 1.165) is 22.2 Å². The van der Waals surface area contributed by atoms with Gasteiger partial charge < -0.3 is 15.2 Å². The first-order valence-electron chi connectivity index (χ1n) is 9.06. The van der Waals surface area contributed by atoms with Crippen molar-refractivity contribution in [2.24, 2.45) is 0 Å². The van der Waals surface area contributed by atoms with Gasteiger partial charge in [0.2, 0.25) is 5.91 Å². The summed E-state index contributed by atoms with van der Waals surface area (Å²) in [5.41, 5.74) is 2.12. The second-order valence-electron chi connectivity index (χ2n) is 6.41. The van der Waals surface area contributed by atoms with Gasteiger partial charge in [-0.05, 0) is 83.6 Å². The standard InChI is InChI=1S/C21H19IN2O5S/c1-3-29-16-9-13(8-14(22)19(16)26)10-17-20(27)24(21(28)30-17)11-18(25)23-15-7-5-4-6-12(15)2/h4-10,26H,3,11H2,1-2H3,(H,23,25)/b17-10+. The Morgan fingerprint density at radius 1 is 1.30 bits per heavy atom. The molecule has 1 aliphatic rings. The summed E-state index contributed by atoms with van der Waals surface area (Å²) in [4.78, 5) is 38.5. The summed E-state index contributed by atoms with van der Waals surface area (Å²) < 4.78 is 5.96. The molecule has 0 aromatic heterocycles. The predicted molar refractivity (Wildman–Crippen MR) is 124 cm³/mol. The van der Waals surface area contributed by atoms with E-state index in [4.69, 9.17) is 4.74 Å². The van der Waals surface area contributed by atoms with Crippen LogP contribution in [0.25, 0.3) is 6.08 Å². The number of ether oxygens (including phenoxy) is 1. The summed E-state index contributed by atoms with van der Waals surface area (Å²) in [6.07, 6.45) is 1.55. The molecule has 0 spiro atoms. The number of carbonyl (C=O) groups excluding carboxylic acids is 3. The van der Waals surface area contributed by atoms with Crippen LogP contribution < -0.4 is 10.1 Å². The first-order chi connectivity index (χ1) is 14.3. The number of nitrogens with one attached hydrogen (secondary N) is 1. The Hall–Kier alpha value is -2.53. The zero-order valence-electron chi connectivity index (χ0n) is 16.3. The number of hydrogen-bond donors (Lipinski definition) is 2. The minimum absolute atomic E-state index is 0.0237. The maximum absolute atomic E-state index is 12.7. The number of aryl methyl sites for hydroxylation is 1. The number of halogens is 1. The number of nitrogens with zero attached hydrogens (tertiary/aromatic N) is 1. The third kappa shape index (κ3) is 4.96. The molecule has 0 bridgehead atoms. The molecule has 3 rings (SSSR count). The summed E-state index contributed by atoms with van der Waals surface area (Å²) in [6, 6.07) is 10.5. The highest BCUT2D eigenvalue weighted by molar-refractivity contribution is 14.1. The highest BCUT2D eigenvalue weighted by atomic mass is 127. The molecule has 30 heavy (non-hydrogen) atoms. The van der Waals surface area contributed by atoms with Gasteiger partial charge in [-0.1, -0.05) is 18.2 Å². The fourth-order valence-corrected chi connectivity index (χ4v) is 4.24. The summed E-state index contributed by atoms with van der Waals surface area (Å²) in [7, 11) is 0. The van der Waals surface area contributed by atoms with E-state index < -0.39 is 17.1 Å². The number of anilines is 1. The predicted octanol–water partition coefficient (Wildman–Crippen LogP) is 4.38. The molecule has 1 saturated heterocycles. The Balaban J connectivity index is 1.76. The highest BCUT2D eigenvalue weighted by Gasteiger charge is 2.36. The second-order valence-corrected chi connectivity index (χ2v) is 8.57. The van der Waals surface area contributed by atoms with Crippen molar-refractivity contribution in [3.8, 4) is 11.5 Å². The van der Waals surface area contributed by atoms with Crippen LogP contribution in [0.5, 0.6) is 11.5 Å². The quantitative estimate of drug-likeness (QED) is 0.419. The van der Waals surface area contributed by atoms with E-state index >= 15 is 0 Å². The van der Waals surface area contributed by atoms with E-state index in [1.54, 1.807) is 37.3 Å². The molecule has 7 nitrogen and oxygen atoms in total. The number of thioether (sulfide) groups is 1. The second kappa shape index (κ2) is 9.52. The van der Waals surface area contributed by atoms with E-state index in [1.807, 2.05) is 41.6 Å². The summed E-state index contributed by atoms with van der Waals surface area (Å²) in [5.74, 6) is -0.667. The first-order valence-corrected chi connectivity index (χ1v) is 11.0. The van der Waals surface area contributed by atoms with Gasteiger partial charge in [-0.15, -0.1) is 0 Å². The average Bonchev–Trinajstić information content (AvgIpc) is 2.95. The van der Waals surface area contributed by atoms with Crippen LogP contribution in [0.3, 0.4) is 0 Å². The Bertz CT molecular complexity index is 1050. The lowest BCUT2D eigenvalue weighted by molar-refractivity contribution is -0.127. The van der Waals surface area contributed by atoms with E-state index in [1.165, 1.54) is 0 Å². The monoisotopic (exact) mass is 538 g/mol. The molecule has 1 aliphatic heterocycles. The number of imide groups is 1. The Kier molecular flexibility index (Phi) is 7.03. The fraction of sp³-hybridized carbons (Fsp3) is 0.190. The van der Waals surface area contributed by atoms with Crippen molar-refractivity contribution >= 4 is 63.2 Å². The molecular weight excluding hydrogens is 519 g/mol. The Labute approximate surface area is 191 Å². The van der Waals surface area contributed by atoms with Gasteiger partial charge in [0.15, 0.2) is 11.5 Å². The zero-order chi connectivity index (χ0) is 21.8. The van der Waals surface area contributed by atoms with Crippen LogP contribution in [0.4, 0.5) is 10.5 Å². The number of amides is 3. The molecule has 2 N–H and O–H groups in total. The molecule has 1 fully saturated rings. The average molecular weight is 538 g/mol. The van der Waals surface area contributed by atoms with Crippen LogP contribution in [0.1, 0.15) is 18.1 Å².